The number of benzene rings is 1. The second-order valence-corrected chi connectivity index (χ2v) is 5.31. The molecule has 104 valence electrons. The summed E-state index contributed by atoms with van der Waals surface area (Å²) in [5.74, 6) is 0.470. The molecule has 0 radical (unpaired) electrons. The zero-order chi connectivity index (χ0) is 13.8. The monoisotopic (exact) mass is 262 g/mol. The molecule has 0 spiro atoms. The van der Waals surface area contributed by atoms with Crippen molar-refractivity contribution < 1.29 is 9.53 Å². The fraction of sp³-hybridized carbons (Fsp3) is 0.533. The van der Waals surface area contributed by atoms with Crippen molar-refractivity contribution in [3.05, 3.63) is 29.3 Å². The van der Waals surface area contributed by atoms with Crippen LogP contribution in [-0.4, -0.2) is 31.1 Å². The fourth-order valence-electron chi connectivity index (χ4n) is 2.62. The standard InChI is InChI=1S/C15H22N2O2/c1-11(10-19-2)8-15(18)17-7-6-13-12(9-17)4-3-5-14(13)16/h3-5,11H,6-10,16H2,1-2H3. The summed E-state index contributed by atoms with van der Waals surface area (Å²) in [6.07, 6.45) is 1.40. The van der Waals surface area contributed by atoms with E-state index in [0.717, 1.165) is 18.7 Å². The van der Waals surface area contributed by atoms with Gasteiger partial charge in [-0.15, -0.1) is 0 Å². The van der Waals surface area contributed by atoms with Crippen LogP contribution < -0.4 is 5.73 Å². The summed E-state index contributed by atoms with van der Waals surface area (Å²) < 4.78 is 5.08. The van der Waals surface area contributed by atoms with Gasteiger partial charge in [-0.2, -0.15) is 0 Å². The molecule has 1 aliphatic rings. The molecule has 4 nitrogen and oxygen atoms in total. The van der Waals surface area contributed by atoms with E-state index < -0.39 is 0 Å². The number of carbonyl (C=O) groups is 1. The number of hydrogen-bond donors (Lipinski definition) is 1. The Morgan fingerprint density at radius 2 is 2.32 bits per heavy atom. The third kappa shape index (κ3) is 3.26. The largest absolute Gasteiger partial charge is 0.398 e. The summed E-state index contributed by atoms with van der Waals surface area (Å²) in [5.41, 5.74) is 9.19. The lowest BCUT2D eigenvalue weighted by Crippen LogP contribution is -2.37. The summed E-state index contributed by atoms with van der Waals surface area (Å²) >= 11 is 0. The van der Waals surface area contributed by atoms with E-state index in [4.69, 9.17) is 10.5 Å². The summed E-state index contributed by atoms with van der Waals surface area (Å²) in [5, 5.41) is 0. The molecule has 0 bridgehead atoms. The molecule has 1 heterocycles. The van der Waals surface area contributed by atoms with Crippen molar-refractivity contribution in [2.24, 2.45) is 5.92 Å². The van der Waals surface area contributed by atoms with E-state index in [-0.39, 0.29) is 11.8 Å². The Morgan fingerprint density at radius 1 is 1.53 bits per heavy atom. The number of rotatable bonds is 4. The number of amides is 1. The molecule has 0 fully saturated rings. The van der Waals surface area contributed by atoms with Crippen molar-refractivity contribution in [2.45, 2.75) is 26.3 Å². The normalized spacial score (nSPS) is 16.0. The first-order chi connectivity index (χ1) is 9.11. The highest BCUT2D eigenvalue weighted by atomic mass is 16.5. The minimum Gasteiger partial charge on any atom is -0.398 e. The molecule has 0 saturated carbocycles. The molecular formula is C15H22N2O2. The number of methoxy groups -OCH3 is 1. The summed E-state index contributed by atoms with van der Waals surface area (Å²) in [4.78, 5) is 14.1. The van der Waals surface area contributed by atoms with Crippen LogP contribution in [0.1, 0.15) is 24.5 Å². The molecule has 1 aliphatic heterocycles. The van der Waals surface area contributed by atoms with Crippen LogP contribution in [0.5, 0.6) is 0 Å². The van der Waals surface area contributed by atoms with Crippen molar-refractivity contribution >= 4 is 11.6 Å². The van der Waals surface area contributed by atoms with Gasteiger partial charge in [-0.1, -0.05) is 19.1 Å². The molecule has 0 saturated heterocycles. The third-order valence-electron chi connectivity index (χ3n) is 3.63. The Kier molecular flexibility index (Phi) is 4.43. The highest BCUT2D eigenvalue weighted by molar-refractivity contribution is 5.77. The average Bonchev–Trinajstić information content (AvgIpc) is 2.38. The smallest absolute Gasteiger partial charge is 0.223 e. The zero-order valence-electron chi connectivity index (χ0n) is 11.7. The number of carbonyl (C=O) groups excluding carboxylic acids is 1. The third-order valence-corrected chi connectivity index (χ3v) is 3.63. The van der Waals surface area contributed by atoms with Gasteiger partial charge in [0.2, 0.25) is 5.91 Å². The fourth-order valence-corrected chi connectivity index (χ4v) is 2.62. The number of nitrogens with two attached hydrogens (primary N) is 1. The quantitative estimate of drug-likeness (QED) is 0.842. The molecule has 2 N–H and O–H groups in total. The Hall–Kier alpha value is -1.55. The van der Waals surface area contributed by atoms with Gasteiger partial charge in [-0.25, -0.2) is 0 Å². The molecule has 2 rings (SSSR count). The average molecular weight is 262 g/mol. The predicted molar refractivity (Wildman–Crippen MR) is 75.6 cm³/mol. The molecular weight excluding hydrogens is 240 g/mol. The SMILES string of the molecule is COCC(C)CC(=O)N1CCc2c(N)cccc2C1. The van der Waals surface area contributed by atoms with E-state index >= 15 is 0 Å². The van der Waals surface area contributed by atoms with Crippen LogP contribution in [0, 0.1) is 5.92 Å². The summed E-state index contributed by atoms with van der Waals surface area (Å²) in [6, 6.07) is 5.94. The second kappa shape index (κ2) is 6.06. The van der Waals surface area contributed by atoms with Gasteiger partial charge in [0.05, 0.1) is 0 Å². The minimum atomic E-state index is 0.206. The minimum absolute atomic E-state index is 0.206. The van der Waals surface area contributed by atoms with Crippen molar-refractivity contribution in [1.29, 1.82) is 0 Å². The van der Waals surface area contributed by atoms with Gasteiger partial charge in [0.15, 0.2) is 0 Å². The van der Waals surface area contributed by atoms with Gasteiger partial charge < -0.3 is 15.4 Å². The molecule has 4 heteroatoms. The maximum Gasteiger partial charge on any atom is 0.223 e. The van der Waals surface area contributed by atoms with E-state index in [1.165, 1.54) is 11.1 Å². The van der Waals surface area contributed by atoms with Crippen LogP contribution in [0.25, 0.3) is 0 Å². The van der Waals surface area contributed by atoms with Crippen molar-refractivity contribution in [1.82, 2.24) is 4.90 Å². The van der Waals surface area contributed by atoms with Gasteiger partial charge >= 0.3 is 0 Å². The Labute approximate surface area is 114 Å². The van der Waals surface area contributed by atoms with Crippen molar-refractivity contribution in [3.8, 4) is 0 Å². The molecule has 0 aromatic heterocycles. The van der Waals surface area contributed by atoms with Gasteiger partial charge in [0.25, 0.3) is 0 Å². The first-order valence-electron chi connectivity index (χ1n) is 6.74. The van der Waals surface area contributed by atoms with E-state index in [1.807, 2.05) is 24.0 Å². The summed E-state index contributed by atoms with van der Waals surface area (Å²) in [7, 11) is 1.67. The molecule has 19 heavy (non-hydrogen) atoms. The topological polar surface area (TPSA) is 55.6 Å². The molecule has 1 unspecified atom stereocenters. The van der Waals surface area contributed by atoms with Gasteiger partial charge in [-0.3, -0.25) is 4.79 Å². The number of anilines is 1. The van der Waals surface area contributed by atoms with Crippen LogP contribution in [0.3, 0.4) is 0 Å². The van der Waals surface area contributed by atoms with E-state index in [2.05, 4.69) is 6.07 Å². The van der Waals surface area contributed by atoms with Crippen LogP contribution in [0.2, 0.25) is 0 Å². The molecule has 1 amide bonds. The Morgan fingerprint density at radius 3 is 3.05 bits per heavy atom. The number of hydrogen-bond acceptors (Lipinski definition) is 3. The highest BCUT2D eigenvalue weighted by Crippen LogP contribution is 2.24. The zero-order valence-corrected chi connectivity index (χ0v) is 11.7. The Balaban J connectivity index is 2.00. The molecule has 1 aromatic carbocycles. The van der Waals surface area contributed by atoms with E-state index in [1.54, 1.807) is 7.11 Å². The lowest BCUT2D eigenvalue weighted by molar-refractivity contribution is -0.133. The van der Waals surface area contributed by atoms with Gasteiger partial charge in [0.1, 0.15) is 0 Å². The number of fused-ring (bicyclic) bond motifs is 1. The van der Waals surface area contributed by atoms with Crippen LogP contribution >= 0.6 is 0 Å². The number of ether oxygens (including phenoxy) is 1. The second-order valence-electron chi connectivity index (χ2n) is 5.31. The van der Waals surface area contributed by atoms with E-state index in [0.29, 0.717) is 19.6 Å². The first kappa shape index (κ1) is 13.9. The van der Waals surface area contributed by atoms with E-state index in [9.17, 15) is 4.79 Å². The van der Waals surface area contributed by atoms with Crippen LogP contribution in [0.4, 0.5) is 5.69 Å². The maximum absolute atomic E-state index is 12.2. The number of nitrogen functional groups attached to an aromatic ring is 1. The Bertz CT molecular complexity index is 459. The van der Waals surface area contributed by atoms with Gasteiger partial charge in [-0.05, 0) is 29.5 Å². The van der Waals surface area contributed by atoms with Crippen molar-refractivity contribution in [3.63, 3.8) is 0 Å². The molecule has 1 aromatic rings. The van der Waals surface area contributed by atoms with Crippen LogP contribution in [-0.2, 0) is 22.5 Å². The number of nitrogens with zero attached hydrogens (tertiary/aromatic N) is 1. The first-order valence-corrected chi connectivity index (χ1v) is 6.74. The highest BCUT2D eigenvalue weighted by Gasteiger charge is 2.22. The molecule has 0 aliphatic carbocycles. The van der Waals surface area contributed by atoms with Crippen molar-refractivity contribution in [2.75, 3.05) is 26.0 Å². The molecule has 1 atom stereocenters. The lowest BCUT2D eigenvalue weighted by Gasteiger charge is -2.30. The van der Waals surface area contributed by atoms with Gasteiger partial charge in [0, 0.05) is 38.9 Å². The predicted octanol–water partition coefficient (Wildman–Crippen LogP) is 1.83. The lowest BCUT2D eigenvalue weighted by atomic mass is 9.97. The summed E-state index contributed by atoms with van der Waals surface area (Å²) in [6.45, 7) is 4.11. The van der Waals surface area contributed by atoms with Crippen LogP contribution in [0.15, 0.2) is 18.2 Å². The maximum atomic E-state index is 12.2.